The molecule has 0 amide bonds. The molecule has 0 aliphatic heterocycles. The van der Waals surface area contributed by atoms with Gasteiger partial charge in [-0.15, -0.1) is 0 Å². The third kappa shape index (κ3) is 3.85. The fraction of sp³-hybridized carbons (Fsp3) is 0.368. The predicted molar refractivity (Wildman–Crippen MR) is 86.8 cm³/mol. The van der Waals surface area contributed by atoms with Crippen LogP contribution in [0, 0.1) is 0 Å². The van der Waals surface area contributed by atoms with E-state index in [-0.39, 0.29) is 0 Å². The first-order valence-corrected chi connectivity index (χ1v) is 7.86. The van der Waals surface area contributed by atoms with Crippen LogP contribution in [-0.2, 0) is 6.42 Å². The highest BCUT2D eigenvalue weighted by molar-refractivity contribution is 5.31. The smallest absolute Gasteiger partial charge is 0.119 e. The summed E-state index contributed by atoms with van der Waals surface area (Å²) in [7, 11) is 0. The Bertz CT molecular complexity index is 544. The van der Waals surface area contributed by atoms with E-state index in [2.05, 4.69) is 66.8 Å². The summed E-state index contributed by atoms with van der Waals surface area (Å²) >= 11 is 0. The standard InChI is InChI=1S/C19H23NO/c1-2-20-17-13-19(14-17)21-18-10-8-16(9-11-18)12-15-6-4-3-5-7-15/h3-11,17,19-20H,2,12-14H2,1H3. The summed E-state index contributed by atoms with van der Waals surface area (Å²) in [5, 5.41) is 3.45. The number of hydrogen-bond acceptors (Lipinski definition) is 2. The molecule has 0 heterocycles. The molecule has 0 radical (unpaired) electrons. The van der Waals surface area contributed by atoms with Gasteiger partial charge in [-0.3, -0.25) is 0 Å². The van der Waals surface area contributed by atoms with Gasteiger partial charge in [0.25, 0.3) is 0 Å². The molecule has 1 saturated carbocycles. The maximum absolute atomic E-state index is 5.99. The molecule has 2 aromatic carbocycles. The maximum atomic E-state index is 5.99. The minimum atomic E-state index is 0.383. The molecule has 0 atom stereocenters. The summed E-state index contributed by atoms with van der Waals surface area (Å²) in [4.78, 5) is 0. The summed E-state index contributed by atoms with van der Waals surface area (Å²) in [6, 6.07) is 19.7. The van der Waals surface area contributed by atoms with Gasteiger partial charge in [0.15, 0.2) is 0 Å². The van der Waals surface area contributed by atoms with E-state index in [1.807, 2.05) is 0 Å². The van der Waals surface area contributed by atoms with Crippen LogP contribution in [0.5, 0.6) is 5.75 Å². The predicted octanol–water partition coefficient (Wildman–Crippen LogP) is 3.80. The van der Waals surface area contributed by atoms with E-state index in [4.69, 9.17) is 4.74 Å². The van der Waals surface area contributed by atoms with E-state index in [9.17, 15) is 0 Å². The van der Waals surface area contributed by atoms with Crippen molar-refractivity contribution in [3.8, 4) is 5.75 Å². The van der Waals surface area contributed by atoms with E-state index in [0.717, 1.165) is 31.6 Å². The zero-order chi connectivity index (χ0) is 14.5. The lowest BCUT2D eigenvalue weighted by molar-refractivity contribution is 0.0859. The first kappa shape index (κ1) is 14.2. The largest absolute Gasteiger partial charge is 0.490 e. The Morgan fingerprint density at radius 2 is 1.62 bits per heavy atom. The van der Waals surface area contributed by atoms with Crippen LogP contribution in [0.4, 0.5) is 0 Å². The fourth-order valence-electron chi connectivity index (χ4n) is 2.83. The van der Waals surface area contributed by atoms with Crippen molar-refractivity contribution in [2.24, 2.45) is 0 Å². The Morgan fingerprint density at radius 1 is 0.952 bits per heavy atom. The van der Waals surface area contributed by atoms with Crippen molar-refractivity contribution in [1.29, 1.82) is 0 Å². The Morgan fingerprint density at radius 3 is 2.29 bits per heavy atom. The molecule has 1 aliphatic rings. The van der Waals surface area contributed by atoms with Gasteiger partial charge < -0.3 is 10.1 Å². The molecule has 0 unspecified atom stereocenters. The van der Waals surface area contributed by atoms with Crippen molar-refractivity contribution in [3.63, 3.8) is 0 Å². The van der Waals surface area contributed by atoms with Crippen molar-refractivity contribution in [2.45, 2.75) is 38.3 Å². The van der Waals surface area contributed by atoms with Crippen LogP contribution < -0.4 is 10.1 Å². The summed E-state index contributed by atoms with van der Waals surface area (Å²) < 4.78 is 5.99. The molecule has 21 heavy (non-hydrogen) atoms. The average Bonchev–Trinajstić information content (AvgIpc) is 2.48. The molecule has 2 aromatic rings. The average molecular weight is 281 g/mol. The van der Waals surface area contributed by atoms with Crippen LogP contribution in [0.25, 0.3) is 0 Å². The van der Waals surface area contributed by atoms with Gasteiger partial charge in [0.05, 0.1) is 0 Å². The Hall–Kier alpha value is -1.80. The Balaban J connectivity index is 1.51. The molecular weight excluding hydrogens is 258 g/mol. The van der Waals surface area contributed by atoms with Gasteiger partial charge in [0.2, 0.25) is 0 Å². The van der Waals surface area contributed by atoms with Crippen molar-refractivity contribution in [2.75, 3.05) is 6.54 Å². The number of hydrogen-bond donors (Lipinski definition) is 1. The van der Waals surface area contributed by atoms with E-state index in [0.29, 0.717) is 12.1 Å². The minimum absolute atomic E-state index is 0.383. The highest BCUT2D eigenvalue weighted by Gasteiger charge is 2.29. The molecule has 0 aromatic heterocycles. The lowest BCUT2D eigenvalue weighted by atomic mass is 9.89. The first-order valence-electron chi connectivity index (χ1n) is 7.86. The minimum Gasteiger partial charge on any atom is -0.490 e. The Kier molecular flexibility index (Phi) is 4.56. The van der Waals surface area contributed by atoms with E-state index >= 15 is 0 Å². The Labute approximate surface area is 127 Å². The monoisotopic (exact) mass is 281 g/mol. The number of rotatable bonds is 6. The van der Waals surface area contributed by atoms with Gasteiger partial charge in [-0.05, 0) is 49.1 Å². The van der Waals surface area contributed by atoms with Gasteiger partial charge in [-0.25, -0.2) is 0 Å². The van der Waals surface area contributed by atoms with Gasteiger partial charge in [-0.1, -0.05) is 49.4 Å². The van der Waals surface area contributed by atoms with Gasteiger partial charge >= 0.3 is 0 Å². The van der Waals surface area contributed by atoms with Crippen LogP contribution >= 0.6 is 0 Å². The topological polar surface area (TPSA) is 21.3 Å². The molecule has 2 nitrogen and oxygen atoms in total. The highest BCUT2D eigenvalue weighted by atomic mass is 16.5. The van der Waals surface area contributed by atoms with E-state index < -0.39 is 0 Å². The normalized spacial score (nSPS) is 20.8. The fourth-order valence-corrected chi connectivity index (χ4v) is 2.83. The van der Waals surface area contributed by atoms with Gasteiger partial charge in [0.1, 0.15) is 11.9 Å². The molecule has 0 bridgehead atoms. The molecule has 1 aliphatic carbocycles. The third-order valence-electron chi connectivity index (χ3n) is 4.06. The third-order valence-corrected chi connectivity index (χ3v) is 4.06. The molecular formula is C19H23NO. The zero-order valence-electron chi connectivity index (χ0n) is 12.6. The molecule has 0 saturated heterocycles. The van der Waals surface area contributed by atoms with Gasteiger partial charge in [0, 0.05) is 6.04 Å². The summed E-state index contributed by atoms with van der Waals surface area (Å²) in [6.45, 7) is 3.20. The highest BCUT2D eigenvalue weighted by Crippen LogP contribution is 2.26. The van der Waals surface area contributed by atoms with Gasteiger partial charge in [-0.2, -0.15) is 0 Å². The van der Waals surface area contributed by atoms with Crippen molar-refractivity contribution in [1.82, 2.24) is 5.32 Å². The molecule has 0 spiro atoms. The molecule has 1 fully saturated rings. The summed E-state index contributed by atoms with van der Waals surface area (Å²) in [6.07, 6.45) is 3.61. The molecule has 3 rings (SSSR count). The first-order chi connectivity index (χ1) is 10.3. The van der Waals surface area contributed by atoms with E-state index in [1.54, 1.807) is 0 Å². The molecule has 2 heteroatoms. The number of benzene rings is 2. The lowest BCUT2D eigenvalue weighted by Gasteiger charge is -2.35. The molecule has 1 N–H and O–H groups in total. The van der Waals surface area contributed by atoms with Crippen molar-refractivity contribution < 1.29 is 4.74 Å². The van der Waals surface area contributed by atoms with Crippen LogP contribution in [0.15, 0.2) is 54.6 Å². The summed E-state index contributed by atoms with van der Waals surface area (Å²) in [5.74, 6) is 0.992. The summed E-state index contributed by atoms with van der Waals surface area (Å²) in [5.41, 5.74) is 2.67. The van der Waals surface area contributed by atoms with Crippen LogP contribution in [0.2, 0.25) is 0 Å². The van der Waals surface area contributed by atoms with Crippen LogP contribution in [-0.4, -0.2) is 18.7 Å². The van der Waals surface area contributed by atoms with Crippen molar-refractivity contribution in [3.05, 3.63) is 65.7 Å². The second-order valence-corrected chi connectivity index (χ2v) is 5.77. The lowest BCUT2D eigenvalue weighted by Crippen LogP contribution is -2.46. The van der Waals surface area contributed by atoms with Crippen molar-refractivity contribution >= 4 is 0 Å². The van der Waals surface area contributed by atoms with E-state index in [1.165, 1.54) is 11.1 Å². The number of ether oxygens (including phenoxy) is 1. The number of nitrogens with one attached hydrogen (secondary N) is 1. The second-order valence-electron chi connectivity index (χ2n) is 5.77. The SMILES string of the molecule is CCNC1CC(Oc2ccc(Cc3ccccc3)cc2)C1. The second kappa shape index (κ2) is 6.77. The van der Waals surface area contributed by atoms with Crippen LogP contribution in [0.3, 0.4) is 0 Å². The zero-order valence-corrected chi connectivity index (χ0v) is 12.6. The quantitative estimate of drug-likeness (QED) is 0.869. The maximum Gasteiger partial charge on any atom is 0.119 e. The molecule has 110 valence electrons. The van der Waals surface area contributed by atoms with Crippen LogP contribution in [0.1, 0.15) is 30.9 Å².